The van der Waals surface area contributed by atoms with E-state index in [9.17, 15) is 13.2 Å². The summed E-state index contributed by atoms with van der Waals surface area (Å²) >= 11 is 0. The largest absolute Gasteiger partial charge is 0.497 e. The van der Waals surface area contributed by atoms with Crippen molar-refractivity contribution in [3.63, 3.8) is 0 Å². The van der Waals surface area contributed by atoms with E-state index < -0.39 is 20.9 Å². The number of urea groups is 1. The maximum Gasteiger partial charge on any atom is 0.317 e. The van der Waals surface area contributed by atoms with Crippen molar-refractivity contribution in [2.24, 2.45) is 5.92 Å². The number of ether oxygens (including phenoxy) is 2. The molecule has 1 aromatic rings. The third-order valence-corrected chi connectivity index (χ3v) is 8.31. The Balaban J connectivity index is 1.43. The molecule has 0 aliphatic carbocycles. The zero-order valence-corrected chi connectivity index (χ0v) is 17.9. The normalized spacial score (nSPS) is 30.4. The number of fused-ring (bicyclic) bond motifs is 1. The Hall–Kier alpha value is -1.84. The van der Waals surface area contributed by atoms with Crippen LogP contribution in [0, 0.1) is 5.92 Å². The van der Waals surface area contributed by atoms with Crippen LogP contribution in [0.15, 0.2) is 24.3 Å². The lowest BCUT2D eigenvalue weighted by Crippen LogP contribution is -2.58. The summed E-state index contributed by atoms with van der Waals surface area (Å²) in [5.41, 5.74) is 0.159. The second-order valence-corrected chi connectivity index (χ2v) is 10.8. The number of sulfonamides is 1. The molecule has 0 saturated carbocycles. The van der Waals surface area contributed by atoms with Crippen molar-refractivity contribution in [1.29, 1.82) is 0 Å². The number of methoxy groups -OCH3 is 1. The Labute approximate surface area is 172 Å². The molecule has 3 saturated heterocycles. The van der Waals surface area contributed by atoms with Gasteiger partial charge in [-0.2, -0.15) is 4.31 Å². The summed E-state index contributed by atoms with van der Waals surface area (Å²) in [4.78, 5) is 14.5. The number of likely N-dealkylation sites (tertiary alicyclic amines) is 1. The number of carbonyl (C=O) groups excluding carboxylic acids is 1. The molecule has 1 N–H and O–H groups in total. The Morgan fingerprint density at radius 1 is 1.31 bits per heavy atom. The molecule has 0 aromatic heterocycles. The van der Waals surface area contributed by atoms with E-state index in [1.165, 1.54) is 0 Å². The molecule has 3 heterocycles. The fraction of sp³-hybridized carbons (Fsp3) is 0.650. The summed E-state index contributed by atoms with van der Waals surface area (Å²) in [6.45, 7) is 5.95. The Morgan fingerprint density at radius 2 is 2.03 bits per heavy atom. The quantitative estimate of drug-likeness (QED) is 0.774. The summed E-state index contributed by atoms with van der Waals surface area (Å²) in [5, 5.41) is 2.39. The molecule has 3 aliphatic rings. The first kappa shape index (κ1) is 20.4. The molecule has 8 nitrogen and oxygen atoms in total. The second-order valence-electron chi connectivity index (χ2n) is 8.65. The van der Waals surface area contributed by atoms with Crippen molar-refractivity contribution < 1.29 is 22.7 Å². The van der Waals surface area contributed by atoms with Gasteiger partial charge in [0.1, 0.15) is 16.6 Å². The number of rotatable bonds is 5. The van der Waals surface area contributed by atoms with Gasteiger partial charge in [-0.25, -0.2) is 13.2 Å². The summed E-state index contributed by atoms with van der Waals surface area (Å²) in [6, 6.07) is 7.34. The van der Waals surface area contributed by atoms with E-state index in [0.717, 1.165) is 11.3 Å². The molecule has 160 valence electrons. The smallest absolute Gasteiger partial charge is 0.317 e. The molecule has 0 radical (unpaired) electrons. The van der Waals surface area contributed by atoms with E-state index in [-0.39, 0.29) is 18.1 Å². The van der Waals surface area contributed by atoms with Crippen molar-refractivity contribution >= 4 is 16.1 Å². The number of amides is 2. The first-order valence-corrected chi connectivity index (χ1v) is 11.6. The fourth-order valence-electron chi connectivity index (χ4n) is 4.71. The summed E-state index contributed by atoms with van der Waals surface area (Å²) in [7, 11) is -1.78. The van der Waals surface area contributed by atoms with E-state index in [1.807, 2.05) is 38.1 Å². The van der Waals surface area contributed by atoms with Gasteiger partial charge in [-0.05, 0) is 30.0 Å². The van der Waals surface area contributed by atoms with Gasteiger partial charge in [0.25, 0.3) is 0 Å². The summed E-state index contributed by atoms with van der Waals surface area (Å²) in [5.74, 6) is 1.01. The van der Waals surface area contributed by atoms with Crippen LogP contribution < -0.4 is 10.1 Å². The monoisotopic (exact) mass is 423 g/mol. The lowest BCUT2D eigenvalue weighted by molar-refractivity contribution is -0.0957. The molecule has 3 atom stereocenters. The van der Waals surface area contributed by atoms with Gasteiger partial charge in [0.15, 0.2) is 0 Å². The van der Waals surface area contributed by atoms with Crippen LogP contribution in [0.4, 0.5) is 4.79 Å². The zero-order chi connectivity index (χ0) is 20.8. The van der Waals surface area contributed by atoms with Gasteiger partial charge in [0.2, 0.25) is 10.0 Å². The standard InChI is InChI=1S/C20H29N3O5S/c1-14(2)10-23-13-20-12-22(11-17(28-20)8-18(20)29(23,25)26)19(24)21-9-15-4-6-16(27-3)7-5-15/h4-7,14,17-18H,8-13H2,1-3H3,(H,21,24)/t17-,18+,20+/m1/s1. The first-order valence-electron chi connectivity index (χ1n) is 10.1. The van der Waals surface area contributed by atoms with Crippen molar-refractivity contribution in [2.75, 3.05) is 33.3 Å². The highest BCUT2D eigenvalue weighted by molar-refractivity contribution is 7.90. The number of benzene rings is 1. The van der Waals surface area contributed by atoms with Crippen LogP contribution in [0.3, 0.4) is 0 Å². The third-order valence-electron chi connectivity index (χ3n) is 5.97. The molecule has 1 spiro atoms. The summed E-state index contributed by atoms with van der Waals surface area (Å²) < 4.78 is 38.9. The highest BCUT2D eigenvalue weighted by Gasteiger charge is 2.65. The topological polar surface area (TPSA) is 88.2 Å². The minimum atomic E-state index is -3.40. The van der Waals surface area contributed by atoms with Crippen LogP contribution in [-0.4, -0.2) is 73.9 Å². The number of carbonyl (C=O) groups is 1. The van der Waals surface area contributed by atoms with E-state index in [4.69, 9.17) is 9.47 Å². The maximum absolute atomic E-state index is 13.0. The Bertz CT molecular complexity index is 873. The van der Waals surface area contributed by atoms with Crippen molar-refractivity contribution in [2.45, 2.75) is 43.8 Å². The average Bonchev–Trinajstić information content (AvgIpc) is 3.05. The predicted octanol–water partition coefficient (Wildman–Crippen LogP) is 1.42. The van der Waals surface area contributed by atoms with E-state index in [0.29, 0.717) is 39.1 Å². The molecule has 29 heavy (non-hydrogen) atoms. The van der Waals surface area contributed by atoms with Crippen molar-refractivity contribution in [3.8, 4) is 5.75 Å². The predicted molar refractivity (Wildman–Crippen MR) is 108 cm³/mol. The lowest BCUT2D eigenvalue weighted by atomic mass is 9.99. The van der Waals surface area contributed by atoms with Crippen LogP contribution in [0.25, 0.3) is 0 Å². The number of hydrogen-bond donors (Lipinski definition) is 1. The highest BCUT2D eigenvalue weighted by Crippen LogP contribution is 2.46. The summed E-state index contributed by atoms with van der Waals surface area (Å²) in [6.07, 6.45) is 0.232. The van der Waals surface area contributed by atoms with Crippen LogP contribution in [0.1, 0.15) is 25.8 Å². The van der Waals surface area contributed by atoms with Crippen molar-refractivity contribution in [3.05, 3.63) is 29.8 Å². The molecule has 2 amide bonds. The Kier molecular flexibility index (Phi) is 5.25. The van der Waals surface area contributed by atoms with Gasteiger partial charge < -0.3 is 19.7 Å². The van der Waals surface area contributed by atoms with Gasteiger partial charge in [-0.1, -0.05) is 26.0 Å². The van der Waals surface area contributed by atoms with Crippen molar-refractivity contribution in [1.82, 2.24) is 14.5 Å². The van der Waals surface area contributed by atoms with Gasteiger partial charge in [0, 0.05) is 26.2 Å². The molecule has 1 aromatic carbocycles. The minimum absolute atomic E-state index is 0.186. The molecule has 3 fully saturated rings. The molecular formula is C20H29N3O5S. The van der Waals surface area contributed by atoms with Gasteiger partial charge >= 0.3 is 6.03 Å². The van der Waals surface area contributed by atoms with Crippen LogP contribution in [0.2, 0.25) is 0 Å². The maximum atomic E-state index is 13.0. The second kappa shape index (κ2) is 7.45. The van der Waals surface area contributed by atoms with Crippen LogP contribution in [-0.2, 0) is 21.3 Å². The highest BCUT2D eigenvalue weighted by atomic mass is 32.2. The van der Waals surface area contributed by atoms with Crippen LogP contribution >= 0.6 is 0 Å². The lowest BCUT2D eigenvalue weighted by Gasteiger charge is -2.39. The molecule has 0 unspecified atom stereocenters. The minimum Gasteiger partial charge on any atom is -0.497 e. The van der Waals surface area contributed by atoms with Gasteiger partial charge in [-0.15, -0.1) is 0 Å². The molecule has 4 rings (SSSR count). The molecule has 9 heteroatoms. The molecular weight excluding hydrogens is 394 g/mol. The average molecular weight is 424 g/mol. The molecule has 3 aliphatic heterocycles. The fourth-order valence-corrected chi connectivity index (χ4v) is 7.18. The van der Waals surface area contributed by atoms with E-state index in [2.05, 4.69) is 5.32 Å². The number of nitrogens with one attached hydrogen (secondary N) is 1. The van der Waals surface area contributed by atoms with E-state index >= 15 is 0 Å². The van der Waals surface area contributed by atoms with Gasteiger partial charge in [0.05, 0.1) is 19.8 Å². The number of nitrogens with zero attached hydrogens (tertiary/aromatic N) is 2. The third kappa shape index (κ3) is 3.71. The molecule has 2 bridgehead atoms. The zero-order valence-electron chi connectivity index (χ0n) is 17.1. The first-order chi connectivity index (χ1) is 13.7. The van der Waals surface area contributed by atoms with Crippen LogP contribution in [0.5, 0.6) is 5.75 Å². The van der Waals surface area contributed by atoms with Gasteiger partial charge in [-0.3, -0.25) is 0 Å². The number of hydrogen-bond acceptors (Lipinski definition) is 5. The Morgan fingerprint density at radius 3 is 2.69 bits per heavy atom. The van der Waals surface area contributed by atoms with E-state index in [1.54, 1.807) is 16.3 Å². The number of morpholine rings is 1. The SMILES string of the molecule is COc1ccc(CNC(=O)N2C[C@H]3C[C@H]4[C@](C2)(CN(CC(C)C)S4(=O)=O)O3)cc1.